The third kappa shape index (κ3) is 8.41. The SMILES string of the molecule is C.CNCCC[C@H](N)C(=O)N(CCO)CCNC. The van der Waals surface area contributed by atoms with Crippen molar-refractivity contribution in [2.24, 2.45) is 5.73 Å². The molecule has 6 heteroatoms. The molecule has 0 aliphatic rings. The van der Waals surface area contributed by atoms with Crippen molar-refractivity contribution in [1.29, 1.82) is 0 Å². The molecular weight excluding hydrogens is 232 g/mol. The summed E-state index contributed by atoms with van der Waals surface area (Å²) < 4.78 is 0. The predicted octanol–water partition coefficient (Wildman–Crippen LogP) is -1.01. The van der Waals surface area contributed by atoms with Crippen LogP contribution < -0.4 is 16.4 Å². The Kier molecular flexibility index (Phi) is 13.9. The van der Waals surface area contributed by atoms with E-state index >= 15 is 0 Å². The fraction of sp³-hybridized carbons (Fsp3) is 0.917. The van der Waals surface area contributed by atoms with Gasteiger partial charge < -0.3 is 26.4 Å². The van der Waals surface area contributed by atoms with Crippen LogP contribution in [0.3, 0.4) is 0 Å². The topological polar surface area (TPSA) is 90.6 Å². The first-order valence-electron chi connectivity index (χ1n) is 6.11. The molecule has 0 aliphatic carbocycles. The number of nitrogens with one attached hydrogen (secondary N) is 2. The van der Waals surface area contributed by atoms with E-state index in [0.29, 0.717) is 26.1 Å². The van der Waals surface area contributed by atoms with Crippen molar-refractivity contribution in [2.45, 2.75) is 26.3 Å². The predicted molar refractivity (Wildman–Crippen MR) is 75.5 cm³/mol. The number of aliphatic hydroxyl groups is 1. The molecule has 6 nitrogen and oxygen atoms in total. The molecule has 5 N–H and O–H groups in total. The standard InChI is InChI=1S/C11H26N4O2.CH4/c1-13-5-3-4-10(12)11(17)15(8-9-16)7-6-14-2;/h10,13-14,16H,3-9,12H2,1-2H3;1H4/t10-;/m0./s1. The normalized spacial score (nSPS) is 11.8. The van der Waals surface area contributed by atoms with E-state index in [2.05, 4.69) is 10.6 Å². The van der Waals surface area contributed by atoms with Crippen LogP contribution in [0.1, 0.15) is 20.3 Å². The molecule has 110 valence electrons. The molecule has 18 heavy (non-hydrogen) atoms. The first-order chi connectivity index (χ1) is 8.17. The highest BCUT2D eigenvalue weighted by atomic mass is 16.3. The van der Waals surface area contributed by atoms with Crippen molar-refractivity contribution >= 4 is 5.91 Å². The van der Waals surface area contributed by atoms with Gasteiger partial charge in [0.05, 0.1) is 12.6 Å². The highest BCUT2D eigenvalue weighted by Crippen LogP contribution is 2.00. The summed E-state index contributed by atoms with van der Waals surface area (Å²) in [6.45, 7) is 2.46. The van der Waals surface area contributed by atoms with Crippen molar-refractivity contribution < 1.29 is 9.90 Å². The summed E-state index contributed by atoms with van der Waals surface area (Å²) in [5, 5.41) is 14.9. The average molecular weight is 262 g/mol. The van der Waals surface area contributed by atoms with Crippen LogP contribution in [-0.2, 0) is 4.79 Å². The second-order valence-electron chi connectivity index (χ2n) is 4.00. The average Bonchev–Trinajstić information content (AvgIpc) is 2.33. The number of aliphatic hydroxyl groups excluding tert-OH is 1. The van der Waals surface area contributed by atoms with Crippen LogP contribution in [-0.4, -0.2) is 68.8 Å². The van der Waals surface area contributed by atoms with Gasteiger partial charge >= 0.3 is 0 Å². The molecule has 0 saturated heterocycles. The highest BCUT2D eigenvalue weighted by Gasteiger charge is 2.19. The summed E-state index contributed by atoms with van der Waals surface area (Å²) in [7, 11) is 3.70. The molecule has 0 saturated carbocycles. The molecule has 0 rings (SSSR count). The van der Waals surface area contributed by atoms with E-state index < -0.39 is 6.04 Å². The zero-order valence-corrected chi connectivity index (χ0v) is 10.9. The zero-order chi connectivity index (χ0) is 13.1. The number of hydrogen-bond donors (Lipinski definition) is 4. The zero-order valence-electron chi connectivity index (χ0n) is 10.9. The fourth-order valence-electron chi connectivity index (χ4n) is 1.56. The highest BCUT2D eigenvalue weighted by molar-refractivity contribution is 5.81. The quantitative estimate of drug-likeness (QED) is 0.379. The first-order valence-corrected chi connectivity index (χ1v) is 6.11. The van der Waals surface area contributed by atoms with E-state index in [1.54, 1.807) is 4.90 Å². The first kappa shape index (κ1) is 19.6. The summed E-state index contributed by atoms with van der Waals surface area (Å²) in [6.07, 6.45) is 1.55. The second-order valence-corrected chi connectivity index (χ2v) is 4.00. The van der Waals surface area contributed by atoms with Crippen molar-refractivity contribution in [2.75, 3.05) is 46.9 Å². The van der Waals surface area contributed by atoms with Crippen LogP contribution in [0.5, 0.6) is 0 Å². The Balaban J connectivity index is 0. The Bertz CT molecular complexity index is 203. The number of nitrogens with zero attached hydrogens (tertiary/aromatic N) is 1. The van der Waals surface area contributed by atoms with Crippen LogP contribution in [0, 0.1) is 0 Å². The van der Waals surface area contributed by atoms with E-state index in [-0.39, 0.29) is 19.9 Å². The maximum absolute atomic E-state index is 12.0. The van der Waals surface area contributed by atoms with Crippen molar-refractivity contribution in [3.05, 3.63) is 0 Å². The van der Waals surface area contributed by atoms with Gasteiger partial charge in [0.1, 0.15) is 0 Å². The molecule has 0 unspecified atom stereocenters. The molecule has 0 bridgehead atoms. The van der Waals surface area contributed by atoms with Gasteiger partial charge in [0.2, 0.25) is 5.91 Å². The molecule has 0 aromatic rings. The van der Waals surface area contributed by atoms with Crippen LogP contribution in [0.2, 0.25) is 0 Å². The number of carbonyl (C=O) groups is 1. The summed E-state index contributed by atoms with van der Waals surface area (Å²) in [5.74, 6) is -0.0783. The molecule has 0 fully saturated rings. The third-order valence-electron chi connectivity index (χ3n) is 2.57. The maximum atomic E-state index is 12.0. The van der Waals surface area contributed by atoms with E-state index in [9.17, 15) is 4.79 Å². The molecule has 1 atom stereocenters. The largest absolute Gasteiger partial charge is 0.395 e. The summed E-state index contributed by atoms with van der Waals surface area (Å²) in [4.78, 5) is 13.6. The number of nitrogens with two attached hydrogens (primary N) is 1. The number of likely N-dealkylation sites (N-methyl/N-ethyl adjacent to an activating group) is 1. The van der Waals surface area contributed by atoms with E-state index in [0.717, 1.165) is 13.0 Å². The molecule has 0 spiro atoms. The summed E-state index contributed by atoms with van der Waals surface area (Å²) in [5.41, 5.74) is 5.84. The van der Waals surface area contributed by atoms with E-state index in [1.165, 1.54) is 0 Å². The number of amides is 1. The molecule has 0 radical (unpaired) electrons. The summed E-state index contributed by atoms with van der Waals surface area (Å²) in [6, 6.07) is -0.466. The minimum Gasteiger partial charge on any atom is -0.395 e. The van der Waals surface area contributed by atoms with Gasteiger partial charge in [0.25, 0.3) is 0 Å². The van der Waals surface area contributed by atoms with Gasteiger partial charge in [-0.2, -0.15) is 0 Å². The second kappa shape index (κ2) is 12.8. The van der Waals surface area contributed by atoms with Crippen LogP contribution in [0.15, 0.2) is 0 Å². The van der Waals surface area contributed by atoms with Gasteiger partial charge in [0.15, 0.2) is 0 Å². The van der Waals surface area contributed by atoms with Gasteiger partial charge in [-0.05, 0) is 33.5 Å². The Morgan fingerprint density at radius 1 is 1.28 bits per heavy atom. The molecule has 1 amide bonds. The van der Waals surface area contributed by atoms with Gasteiger partial charge in [-0.1, -0.05) is 7.43 Å². The lowest BCUT2D eigenvalue weighted by atomic mass is 10.1. The van der Waals surface area contributed by atoms with Gasteiger partial charge in [-0.3, -0.25) is 4.79 Å². The number of hydrogen-bond acceptors (Lipinski definition) is 5. The smallest absolute Gasteiger partial charge is 0.239 e. The van der Waals surface area contributed by atoms with Gasteiger partial charge in [0, 0.05) is 19.6 Å². The fourth-order valence-corrected chi connectivity index (χ4v) is 1.56. The Morgan fingerprint density at radius 2 is 1.89 bits per heavy atom. The monoisotopic (exact) mass is 262 g/mol. The number of carbonyl (C=O) groups excluding carboxylic acids is 1. The lowest BCUT2D eigenvalue weighted by Gasteiger charge is -2.25. The lowest BCUT2D eigenvalue weighted by Crippen LogP contribution is -2.47. The van der Waals surface area contributed by atoms with Crippen LogP contribution in [0.4, 0.5) is 0 Å². The van der Waals surface area contributed by atoms with Gasteiger partial charge in [-0.25, -0.2) is 0 Å². The number of rotatable bonds is 10. The summed E-state index contributed by atoms with van der Waals surface area (Å²) >= 11 is 0. The Labute approximate surface area is 111 Å². The van der Waals surface area contributed by atoms with Crippen molar-refractivity contribution in [1.82, 2.24) is 15.5 Å². The van der Waals surface area contributed by atoms with E-state index in [1.807, 2.05) is 14.1 Å². The molecular formula is C12H30N4O2. The minimum atomic E-state index is -0.466. The molecule has 0 heterocycles. The van der Waals surface area contributed by atoms with Gasteiger partial charge in [-0.15, -0.1) is 0 Å². The Morgan fingerprint density at radius 3 is 2.39 bits per heavy atom. The third-order valence-corrected chi connectivity index (χ3v) is 2.57. The molecule has 0 aromatic heterocycles. The minimum absolute atomic E-state index is 0. The van der Waals surface area contributed by atoms with E-state index in [4.69, 9.17) is 10.8 Å². The molecule has 0 aliphatic heterocycles. The van der Waals surface area contributed by atoms with Crippen molar-refractivity contribution in [3.63, 3.8) is 0 Å². The Hall–Kier alpha value is -0.690. The van der Waals surface area contributed by atoms with Crippen LogP contribution >= 0.6 is 0 Å². The molecule has 0 aromatic carbocycles. The lowest BCUT2D eigenvalue weighted by molar-refractivity contribution is -0.133. The maximum Gasteiger partial charge on any atom is 0.239 e. The van der Waals surface area contributed by atoms with Crippen LogP contribution in [0.25, 0.3) is 0 Å². The van der Waals surface area contributed by atoms with Crippen molar-refractivity contribution in [3.8, 4) is 0 Å².